The molecule has 0 spiro atoms. The molecule has 0 aliphatic heterocycles. The monoisotopic (exact) mass is 401 g/mol. The van der Waals surface area contributed by atoms with Gasteiger partial charge in [0.2, 0.25) is 0 Å². The van der Waals surface area contributed by atoms with Crippen LogP contribution in [0.1, 0.15) is 52.9 Å². The van der Waals surface area contributed by atoms with Crippen LogP contribution < -0.4 is 10.1 Å². The summed E-state index contributed by atoms with van der Waals surface area (Å²) in [6.45, 7) is 9.93. The third-order valence-corrected chi connectivity index (χ3v) is 3.87. The molecule has 1 amide bonds. The molecule has 0 unspecified atom stereocenters. The number of para-hydroxylation sites is 1. The zero-order chi connectivity index (χ0) is 20.6. The number of nitrogens with one attached hydrogen (secondary N) is 1. The van der Waals surface area contributed by atoms with E-state index in [0.717, 1.165) is 6.42 Å². The molecule has 0 radical (unpaired) electrons. The van der Waals surface area contributed by atoms with Crippen LogP contribution in [-0.2, 0) is 14.2 Å². The molecule has 154 valence electrons. The molecule has 1 rings (SSSR count). The van der Waals surface area contributed by atoms with Gasteiger partial charge in [0.05, 0.1) is 17.1 Å². The molecule has 0 bridgehead atoms. The van der Waals surface area contributed by atoms with Gasteiger partial charge in [-0.3, -0.25) is 0 Å². The third-order valence-electron chi connectivity index (χ3n) is 3.57. The van der Waals surface area contributed by atoms with Gasteiger partial charge >= 0.3 is 6.09 Å². The van der Waals surface area contributed by atoms with Gasteiger partial charge in [-0.05, 0) is 39.2 Å². The summed E-state index contributed by atoms with van der Waals surface area (Å²) in [6.07, 6.45) is -0.640. The van der Waals surface area contributed by atoms with Crippen molar-refractivity contribution in [1.29, 1.82) is 0 Å². The van der Waals surface area contributed by atoms with E-state index in [9.17, 15) is 4.79 Å². The molecule has 1 N–H and O–H groups in total. The highest BCUT2D eigenvalue weighted by molar-refractivity contribution is 6.32. The molecule has 0 aromatic heterocycles. The van der Waals surface area contributed by atoms with Crippen molar-refractivity contribution in [1.82, 2.24) is 5.32 Å². The molecule has 7 heteroatoms. The van der Waals surface area contributed by atoms with E-state index in [1.807, 2.05) is 32.9 Å². The summed E-state index contributed by atoms with van der Waals surface area (Å²) >= 11 is 6.37. The van der Waals surface area contributed by atoms with Crippen molar-refractivity contribution in [2.75, 3.05) is 20.8 Å². The zero-order valence-electron chi connectivity index (χ0n) is 17.3. The second-order valence-corrected chi connectivity index (χ2v) is 8.12. The van der Waals surface area contributed by atoms with Gasteiger partial charge in [0, 0.05) is 14.2 Å². The molecule has 1 aromatic rings. The minimum atomic E-state index is -0.600. The fraction of sp³-hybridized carbons (Fsp3) is 0.650. The number of carbonyl (C=O) groups excluding carboxylic acids is 1. The van der Waals surface area contributed by atoms with Crippen molar-refractivity contribution < 1.29 is 23.7 Å². The maximum atomic E-state index is 12.0. The van der Waals surface area contributed by atoms with Crippen LogP contribution in [0.5, 0.6) is 5.75 Å². The van der Waals surface area contributed by atoms with E-state index >= 15 is 0 Å². The van der Waals surface area contributed by atoms with Crippen molar-refractivity contribution in [3.8, 4) is 5.75 Å². The average Bonchev–Trinajstić information content (AvgIpc) is 2.54. The Hall–Kier alpha value is -1.50. The summed E-state index contributed by atoms with van der Waals surface area (Å²) in [5, 5.41) is 3.23. The summed E-state index contributed by atoms with van der Waals surface area (Å²) < 4.78 is 22.2. The Morgan fingerprint density at radius 2 is 1.81 bits per heavy atom. The van der Waals surface area contributed by atoms with E-state index in [0.29, 0.717) is 28.8 Å². The average molecular weight is 402 g/mol. The first-order valence-electron chi connectivity index (χ1n) is 9.04. The molecule has 0 saturated heterocycles. The van der Waals surface area contributed by atoms with E-state index in [-0.39, 0.29) is 6.10 Å². The first-order valence-corrected chi connectivity index (χ1v) is 9.42. The Kier molecular flexibility index (Phi) is 9.36. The smallest absolute Gasteiger partial charge is 0.407 e. The molecule has 0 saturated carbocycles. The van der Waals surface area contributed by atoms with Crippen molar-refractivity contribution in [3.63, 3.8) is 0 Å². The predicted octanol–water partition coefficient (Wildman–Crippen LogP) is 4.95. The maximum absolute atomic E-state index is 12.0. The highest BCUT2D eigenvalue weighted by atomic mass is 35.5. The number of hydrogen-bond donors (Lipinski definition) is 1. The molecule has 1 aromatic carbocycles. The number of methoxy groups -OCH3 is 2. The minimum Gasteiger partial charge on any atom is -0.487 e. The van der Waals surface area contributed by atoms with Crippen molar-refractivity contribution in [3.05, 3.63) is 28.8 Å². The van der Waals surface area contributed by atoms with Gasteiger partial charge in [0.25, 0.3) is 0 Å². The van der Waals surface area contributed by atoms with E-state index in [4.69, 9.17) is 30.5 Å². The molecular weight excluding hydrogens is 370 g/mol. The normalized spacial score (nSPS) is 13.0. The Bertz CT molecular complexity index is 597. The number of carbonyl (C=O) groups is 1. The molecule has 0 aliphatic carbocycles. The van der Waals surface area contributed by atoms with E-state index in [1.165, 1.54) is 0 Å². The summed E-state index contributed by atoms with van der Waals surface area (Å²) in [5.74, 6) is 0.853. The number of halogens is 1. The summed E-state index contributed by atoms with van der Waals surface area (Å²) in [4.78, 5) is 12.0. The van der Waals surface area contributed by atoms with Gasteiger partial charge in [0.15, 0.2) is 6.29 Å². The number of ether oxygens (including phenoxy) is 4. The van der Waals surface area contributed by atoms with Crippen LogP contribution in [0.2, 0.25) is 5.02 Å². The number of amides is 1. The second-order valence-electron chi connectivity index (χ2n) is 7.71. The lowest BCUT2D eigenvalue weighted by Gasteiger charge is -2.26. The highest BCUT2D eigenvalue weighted by Crippen LogP contribution is 2.35. The standard InChI is InChI=1S/C20H32ClNO5/c1-13(2)11-14(12-22-19(23)27-20(3,4)5)26-17-15(18(24-6)25-7)9-8-10-16(17)21/h8-10,13-14,18H,11-12H2,1-7H3,(H,22,23)/t14-/m1/s1. The molecule has 0 fully saturated rings. The second kappa shape index (κ2) is 10.7. The Morgan fingerprint density at radius 1 is 1.19 bits per heavy atom. The van der Waals surface area contributed by atoms with Crippen LogP contribution in [0.3, 0.4) is 0 Å². The Morgan fingerprint density at radius 3 is 2.33 bits per heavy atom. The predicted molar refractivity (Wildman–Crippen MR) is 106 cm³/mol. The van der Waals surface area contributed by atoms with Gasteiger partial charge < -0.3 is 24.3 Å². The molecular formula is C20H32ClNO5. The number of hydrogen-bond acceptors (Lipinski definition) is 5. The maximum Gasteiger partial charge on any atom is 0.407 e. The van der Waals surface area contributed by atoms with Crippen LogP contribution in [0.4, 0.5) is 4.79 Å². The molecule has 27 heavy (non-hydrogen) atoms. The van der Waals surface area contributed by atoms with Crippen molar-refractivity contribution in [2.45, 2.75) is 59.0 Å². The largest absolute Gasteiger partial charge is 0.487 e. The lowest BCUT2D eigenvalue weighted by Crippen LogP contribution is -2.39. The van der Waals surface area contributed by atoms with E-state index in [2.05, 4.69) is 19.2 Å². The SMILES string of the molecule is COC(OC)c1cccc(Cl)c1O[C@@H](CNC(=O)OC(C)(C)C)CC(C)C. The minimum absolute atomic E-state index is 0.287. The van der Waals surface area contributed by atoms with Crippen molar-refractivity contribution in [2.24, 2.45) is 5.92 Å². The summed E-state index contributed by atoms with van der Waals surface area (Å²) in [5.41, 5.74) is 0.136. The number of alkyl carbamates (subject to hydrolysis) is 1. The molecule has 6 nitrogen and oxygen atoms in total. The fourth-order valence-electron chi connectivity index (χ4n) is 2.56. The topological polar surface area (TPSA) is 66.0 Å². The van der Waals surface area contributed by atoms with Crippen LogP contribution in [-0.4, -0.2) is 38.6 Å². The van der Waals surface area contributed by atoms with Crippen LogP contribution >= 0.6 is 11.6 Å². The van der Waals surface area contributed by atoms with Gasteiger partial charge in [0.1, 0.15) is 17.5 Å². The Labute approximate surface area is 167 Å². The Balaban J connectivity index is 2.95. The first-order chi connectivity index (χ1) is 12.6. The van der Waals surface area contributed by atoms with Crippen LogP contribution in [0, 0.1) is 5.92 Å². The first kappa shape index (κ1) is 23.5. The summed E-state index contributed by atoms with van der Waals surface area (Å²) in [6, 6.07) is 5.40. The summed E-state index contributed by atoms with van der Waals surface area (Å²) in [7, 11) is 3.10. The molecule has 0 heterocycles. The zero-order valence-corrected chi connectivity index (χ0v) is 18.1. The van der Waals surface area contributed by atoms with Gasteiger partial charge in [-0.25, -0.2) is 4.79 Å². The van der Waals surface area contributed by atoms with Crippen molar-refractivity contribution >= 4 is 17.7 Å². The van der Waals surface area contributed by atoms with Crippen LogP contribution in [0.15, 0.2) is 18.2 Å². The number of benzene rings is 1. The van der Waals surface area contributed by atoms with Gasteiger partial charge in [-0.1, -0.05) is 37.6 Å². The highest BCUT2D eigenvalue weighted by Gasteiger charge is 2.23. The van der Waals surface area contributed by atoms with E-state index in [1.54, 1.807) is 20.3 Å². The van der Waals surface area contributed by atoms with Crippen LogP contribution in [0.25, 0.3) is 0 Å². The lowest BCUT2D eigenvalue weighted by molar-refractivity contribution is -0.107. The third kappa shape index (κ3) is 8.37. The lowest BCUT2D eigenvalue weighted by atomic mass is 10.1. The van der Waals surface area contributed by atoms with E-state index < -0.39 is 18.0 Å². The molecule has 0 aliphatic rings. The quantitative estimate of drug-likeness (QED) is 0.593. The van der Waals surface area contributed by atoms with Gasteiger partial charge in [-0.15, -0.1) is 0 Å². The molecule has 1 atom stereocenters. The van der Waals surface area contributed by atoms with Gasteiger partial charge in [-0.2, -0.15) is 0 Å². The fourth-order valence-corrected chi connectivity index (χ4v) is 2.79. The number of rotatable bonds is 9.